The van der Waals surface area contributed by atoms with Gasteiger partial charge in [-0.2, -0.15) is 13.2 Å². The Kier molecular flexibility index (Phi) is 13.1. The maximum absolute atomic E-state index is 14.4. The summed E-state index contributed by atoms with van der Waals surface area (Å²) in [6, 6.07) is 22.6. The third kappa shape index (κ3) is 10.3. The van der Waals surface area contributed by atoms with Crippen LogP contribution in [-0.2, 0) is 27.3 Å². The molecule has 1 aliphatic heterocycles. The van der Waals surface area contributed by atoms with Crippen molar-refractivity contribution in [3.8, 4) is 0 Å². The van der Waals surface area contributed by atoms with Crippen molar-refractivity contribution in [2.24, 2.45) is 5.73 Å². The van der Waals surface area contributed by atoms with Gasteiger partial charge >= 0.3 is 18.1 Å². The van der Waals surface area contributed by atoms with Crippen LogP contribution < -0.4 is 16.0 Å². The second-order valence-corrected chi connectivity index (χ2v) is 11.2. The molecule has 14 heteroatoms. The largest absolute Gasteiger partial charge is 0.490 e. The number of carbonyl (C=O) groups excluding carboxylic acids is 2. The SMILES string of the molecule is CC(CC(=O)O)N1C(=O)c2cc(CCCCCNC(=N)N)ccc2N(Cc2ccccc2)C(=O)C1c1ccccc1.O=C(O)C(F)(F)F. The van der Waals surface area contributed by atoms with Gasteiger partial charge in [0.05, 0.1) is 24.2 Å². The highest BCUT2D eigenvalue weighted by molar-refractivity contribution is 6.11. The van der Waals surface area contributed by atoms with Gasteiger partial charge in [0.15, 0.2) is 5.96 Å². The topological polar surface area (TPSA) is 177 Å². The van der Waals surface area contributed by atoms with Gasteiger partial charge in [0.25, 0.3) is 11.8 Å². The summed E-state index contributed by atoms with van der Waals surface area (Å²) in [5.74, 6) is -4.48. The lowest BCUT2D eigenvalue weighted by atomic mass is 10.00. The molecule has 6 N–H and O–H groups in total. The van der Waals surface area contributed by atoms with Crippen LogP contribution >= 0.6 is 0 Å². The van der Waals surface area contributed by atoms with E-state index in [9.17, 15) is 32.7 Å². The molecule has 3 aromatic carbocycles. The van der Waals surface area contributed by atoms with Crippen LogP contribution in [0.1, 0.15) is 65.7 Å². The molecule has 0 bridgehead atoms. The van der Waals surface area contributed by atoms with Crippen molar-refractivity contribution >= 4 is 35.4 Å². The molecule has 0 fully saturated rings. The van der Waals surface area contributed by atoms with Crippen LogP contribution in [0.15, 0.2) is 78.9 Å². The number of nitrogens with zero attached hydrogens (tertiary/aromatic N) is 2. The molecule has 1 aliphatic rings. The maximum atomic E-state index is 14.4. The minimum Gasteiger partial charge on any atom is -0.481 e. The number of carboxylic acid groups (broad SMARTS) is 2. The van der Waals surface area contributed by atoms with E-state index < -0.39 is 30.2 Å². The molecule has 0 aromatic heterocycles. The van der Waals surface area contributed by atoms with E-state index >= 15 is 0 Å². The Morgan fingerprint density at radius 3 is 2.10 bits per heavy atom. The fourth-order valence-corrected chi connectivity index (χ4v) is 5.31. The van der Waals surface area contributed by atoms with Gasteiger partial charge in [-0.05, 0) is 55.0 Å². The monoisotopic (exact) mass is 669 g/mol. The first-order valence-corrected chi connectivity index (χ1v) is 15.2. The van der Waals surface area contributed by atoms with E-state index in [-0.39, 0.29) is 30.7 Å². The van der Waals surface area contributed by atoms with Gasteiger partial charge in [0.1, 0.15) is 6.04 Å². The molecule has 0 saturated heterocycles. The molecule has 0 spiro atoms. The second-order valence-electron chi connectivity index (χ2n) is 11.2. The summed E-state index contributed by atoms with van der Waals surface area (Å²) in [6.45, 7) is 2.58. The molecule has 2 atom stereocenters. The van der Waals surface area contributed by atoms with Crippen LogP contribution in [0.25, 0.3) is 0 Å². The molecular weight excluding hydrogens is 631 g/mol. The zero-order valence-corrected chi connectivity index (χ0v) is 26.2. The van der Waals surface area contributed by atoms with E-state index in [1.165, 1.54) is 4.90 Å². The number of alkyl halides is 3. The summed E-state index contributed by atoms with van der Waals surface area (Å²) >= 11 is 0. The number of amides is 2. The molecule has 0 radical (unpaired) electrons. The van der Waals surface area contributed by atoms with Crippen molar-refractivity contribution in [1.82, 2.24) is 10.2 Å². The average Bonchev–Trinajstić information content (AvgIpc) is 3.11. The van der Waals surface area contributed by atoms with E-state index in [0.29, 0.717) is 23.4 Å². The van der Waals surface area contributed by atoms with E-state index in [1.54, 1.807) is 24.0 Å². The first-order chi connectivity index (χ1) is 22.7. The molecule has 1 heterocycles. The standard InChI is InChI=1S/C32H37N5O4.C2HF3O2/c1-22(19-28(38)39)37-29(25-14-8-3-9-15-25)31(41)36(21-24-12-5-2-6-13-24)27-17-16-23(20-26(27)30(37)40)11-7-4-10-18-35-32(33)34;3-2(4,5)1(6)7/h2-3,5-6,8-9,12-17,20,22,29H,4,7,10-11,18-19,21H2,1H3,(H,38,39)(H4,33,34,35);(H,6,7). The van der Waals surface area contributed by atoms with Gasteiger partial charge in [-0.1, -0.05) is 73.2 Å². The summed E-state index contributed by atoms with van der Waals surface area (Å²) in [4.78, 5) is 52.5. The van der Waals surface area contributed by atoms with Gasteiger partial charge in [0.2, 0.25) is 0 Å². The number of unbranched alkanes of at least 4 members (excludes halogenated alkanes) is 2. The van der Waals surface area contributed by atoms with Crippen molar-refractivity contribution in [1.29, 1.82) is 5.41 Å². The first kappa shape index (κ1) is 37.1. The number of fused-ring (bicyclic) bond motifs is 1. The van der Waals surface area contributed by atoms with Crippen LogP contribution in [0.3, 0.4) is 0 Å². The van der Waals surface area contributed by atoms with Crippen LogP contribution in [-0.4, -0.2) is 63.6 Å². The molecule has 11 nitrogen and oxygen atoms in total. The second kappa shape index (κ2) is 17.0. The smallest absolute Gasteiger partial charge is 0.481 e. The third-order valence-electron chi connectivity index (χ3n) is 7.54. The Morgan fingerprint density at radius 2 is 1.54 bits per heavy atom. The molecule has 48 heavy (non-hydrogen) atoms. The number of rotatable bonds is 12. The minimum atomic E-state index is -5.08. The maximum Gasteiger partial charge on any atom is 0.490 e. The molecule has 0 aliphatic carbocycles. The first-order valence-electron chi connectivity index (χ1n) is 15.2. The molecule has 2 unspecified atom stereocenters. The fourth-order valence-electron chi connectivity index (χ4n) is 5.31. The van der Waals surface area contributed by atoms with E-state index in [2.05, 4.69) is 5.32 Å². The third-order valence-corrected chi connectivity index (χ3v) is 7.54. The fraction of sp³-hybridized carbons (Fsp3) is 0.324. The molecule has 4 rings (SSSR count). The number of carboxylic acids is 2. The molecule has 3 aromatic rings. The number of hydrogen-bond acceptors (Lipinski definition) is 5. The van der Waals surface area contributed by atoms with Crippen molar-refractivity contribution in [3.63, 3.8) is 0 Å². The van der Waals surface area contributed by atoms with E-state index in [0.717, 1.165) is 36.8 Å². The Morgan fingerprint density at radius 1 is 0.938 bits per heavy atom. The number of guanidine groups is 1. The number of anilines is 1. The highest BCUT2D eigenvalue weighted by atomic mass is 19.4. The van der Waals surface area contributed by atoms with Gasteiger partial charge in [-0.25, -0.2) is 4.79 Å². The Bertz CT molecular complexity index is 1590. The summed E-state index contributed by atoms with van der Waals surface area (Å²) in [5.41, 5.74) is 8.76. The number of aliphatic carboxylic acids is 2. The van der Waals surface area contributed by atoms with Crippen molar-refractivity contribution in [2.75, 3.05) is 11.4 Å². The average molecular weight is 670 g/mol. The highest BCUT2D eigenvalue weighted by Crippen LogP contribution is 2.38. The van der Waals surface area contributed by atoms with Gasteiger partial charge < -0.3 is 31.1 Å². The predicted octanol–water partition coefficient (Wildman–Crippen LogP) is 5.11. The Hall–Kier alpha value is -5.40. The lowest BCUT2D eigenvalue weighted by molar-refractivity contribution is -0.192. The van der Waals surface area contributed by atoms with Gasteiger partial charge in [0, 0.05) is 12.6 Å². The van der Waals surface area contributed by atoms with Crippen molar-refractivity contribution in [2.45, 2.75) is 63.8 Å². The van der Waals surface area contributed by atoms with E-state index in [4.69, 9.17) is 21.0 Å². The van der Waals surface area contributed by atoms with Crippen molar-refractivity contribution < 1.29 is 42.6 Å². The molecule has 2 amide bonds. The quantitative estimate of drug-likeness (QED) is 0.100. The van der Waals surface area contributed by atoms with Gasteiger partial charge in [-0.3, -0.25) is 19.8 Å². The number of carbonyl (C=O) groups is 4. The summed E-state index contributed by atoms with van der Waals surface area (Å²) in [6.07, 6.45) is -1.97. The molecular formula is C34H38F3N5O6. The van der Waals surface area contributed by atoms with E-state index in [1.807, 2.05) is 66.7 Å². The lowest BCUT2D eigenvalue weighted by Gasteiger charge is -2.35. The molecule has 256 valence electrons. The summed E-state index contributed by atoms with van der Waals surface area (Å²) in [7, 11) is 0. The number of aryl methyl sites for hydroxylation is 1. The van der Waals surface area contributed by atoms with Crippen LogP contribution in [0.4, 0.5) is 18.9 Å². The Balaban J connectivity index is 0.000000804. The number of benzene rings is 3. The van der Waals surface area contributed by atoms with Crippen LogP contribution in [0.2, 0.25) is 0 Å². The number of nitrogens with one attached hydrogen (secondary N) is 2. The van der Waals surface area contributed by atoms with Gasteiger partial charge in [-0.15, -0.1) is 0 Å². The highest BCUT2D eigenvalue weighted by Gasteiger charge is 2.43. The summed E-state index contributed by atoms with van der Waals surface area (Å²) < 4.78 is 31.7. The number of halogens is 3. The lowest BCUT2D eigenvalue weighted by Crippen LogP contribution is -2.47. The zero-order valence-electron chi connectivity index (χ0n) is 26.2. The summed E-state index contributed by atoms with van der Waals surface area (Å²) in [5, 5.41) is 26.8. The van der Waals surface area contributed by atoms with Crippen LogP contribution in [0.5, 0.6) is 0 Å². The molecule has 0 saturated carbocycles. The van der Waals surface area contributed by atoms with Crippen LogP contribution in [0, 0.1) is 5.41 Å². The number of hydrogen-bond donors (Lipinski definition) is 5. The zero-order chi connectivity index (χ0) is 35.4. The minimum absolute atomic E-state index is 0.0423. The number of nitrogens with two attached hydrogens (primary N) is 1. The Labute approximate surface area is 275 Å². The normalized spacial score (nSPS) is 15.0. The van der Waals surface area contributed by atoms with Crippen molar-refractivity contribution in [3.05, 3.63) is 101 Å². The predicted molar refractivity (Wildman–Crippen MR) is 172 cm³/mol.